The first-order valence-corrected chi connectivity index (χ1v) is 8.67. The Kier molecular flexibility index (Phi) is 5.55. The molecule has 4 N–H and O–H groups in total. The molecule has 134 valence electrons. The van der Waals surface area contributed by atoms with Gasteiger partial charge in [0, 0.05) is 13.5 Å². The molecule has 1 aromatic heterocycles. The first kappa shape index (κ1) is 18.0. The van der Waals surface area contributed by atoms with Crippen molar-refractivity contribution in [2.24, 2.45) is 0 Å². The molecule has 8 heteroatoms. The minimum atomic E-state index is -0.357. The van der Waals surface area contributed by atoms with Gasteiger partial charge in [-0.3, -0.25) is 4.79 Å². The molecule has 0 saturated heterocycles. The van der Waals surface area contributed by atoms with Gasteiger partial charge in [0.15, 0.2) is 11.2 Å². The zero-order valence-corrected chi connectivity index (χ0v) is 15.3. The van der Waals surface area contributed by atoms with Crippen molar-refractivity contribution < 1.29 is 10.5 Å². The van der Waals surface area contributed by atoms with Crippen molar-refractivity contribution in [1.82, 2.24) is 25.2 Å². The molecule has 26 heavy (non-hydrogen) atoms. The van der Waals surface area contributed by atoms with Crippen molar-refractivity contribution in [2.45, 2.75) is 12.5 Å². The Morgan fingerprint density at radius 3 is 2.69 bits per heavy atom. The van der Waals surface area contributed by atoms with E-state index in [2.05, 4.69) is 21.4 Å². The zero-order chi connectivity index (χ0) is 18.5. The maximum Gasteiger partial charge on any atom is 0.282 e. The van der Waals surface area contributed by atoms with Crippen LogP contribution >= 0.6 is 12.2 Å². The smallest absolute Gasteiger partial charge is 0.282 e. The maximum absolute atomic E-state index is 12.5. The molecule has 0 fully saturated rings. The molecule has 0 aliphatic carbocycles. The van der Waals surface area contributed by atoms with Gasteiger partial charge in [-0.1, -0.05) is 47.7 Å². The van der Waals surface area contributed by atoms with Crippen molar-refractivity contribution in [2.75, 3.05) is 13.7 Å². The third kappa shape index (κ3) is 4.04. The van der Waals surface area contributed by atoms with E-state index in [1.54, 1.807) is 16.6 Å². The Morgan fingerprint density at radius 2 is 1.92 bits per heavy atom. The molecule has 0 unspecified atom stereocenters. The quantitative estimate of drug-likeness (QED) is 0.503. The lowest BCUT2D eigenvalue weighted by Gasteiger charge is -2.20. The van der Waals surface area contributed by atoms with Crippen LogP contribution in [0.5, 0.6) is 0 Å². The SMILES string of the molecule is CN(CNC(=S)n1nnc2ccccc21)C(=O)[C@@H]([NH3+])Cc1ccccc1. The number of likely N-dealkylation sites (N-methyl/N-ethyl adjacent to an activating group) is 1. The van der Waals surface area contributed by atoms with E-state index in [0.29, 0.717) is 11.5 Å². The average Bonchev–Trinajstić information content (AvgIpc) is 3.10. The number of rotatable bonds is 5. The normalized spacial score (nSPS) is 11.9. The molecule has 1 amide bonds. The first-order valence-electron chi connectivity index (χ1n) is 8.27. The van der Waals surface area contributed by atoms with Crippen molar-refractivity contribution in [1.29, 1.82) is 0 Å². The van der Waals surface area contributed by atoms with Crippen LogP contribution < -0.4 is 11.1 Å². The Balaban J connectivity index is 1.56. The Hall–Kier alpha value is -2.84. The Labute approximate surface area is 156 Å². The molecule has 0 aliphatic heterocycles. The summed E-state index contributed by atoms with van der Waals surface area (Å²) in [6, 6.07) is 17.1. The van der Waals surface area contributed by atoms with Gasteiger partial charge in [-0.05, 0) is 29.9 Å². The Morgan fingerprint density at radius 1 is 1.23 bits per heavy atom. The van der Waals surface area contributed by atoms with Crippen molar-refractivity contribution >= 4 is 34.3 Å². The summed E-state index contributed by atoms with van der Waals surface area (Å²) in [5.74, 6) is -0.0485. The van der Waals surface area contributed by atoms with Crippen molar-refractivity contribution in [3.8, 4) is 0 Å². The second-order valence-electron chi connectivity index (χ2n) is 6.05. The molecule has 1 heterocycles. The van der Waals surface area contributed by atoms with E-state index in [1.807, 2.05) is 54.6 Å². The molecule has 3 rings (SSSR count). The number of hydrogen-bond acceptors (Lipinski definition) is 4. The standard InChI is InChI=1S/C18H20N6OS/c1-23(17(25)14(19)11-13-7-3-2-4-8-13)12-20-18(26)24-16-10-6-5-9-15(16)21-22-24/h2-10,14H,11-12,19H2,1H3,(H,20,26)/p+1/t14-/m0/s1. The fraction of sp³-hybridized carbons (Fsp3) is 0.222. The van der Waals surface area contributed by atoms with Crippen molar-refractivity contribution in [3.63, 3.8) is 0 Å². The van der Waals surface area contributed by atoms with Crippen molar-refractivity contribution in [3.05, 3.63) is 60.2 Å². The highest BCUT2D eigenvalue weighted by atomic mass is 32.1. The molecule has 2 aromatic carbocycles. The predicted octanol–water partition coefficient (Wildman–Crippen LogP) is 0.423. The van der Waals surface area contributed by atoms with E-state index >= 15 is 0 Å². The molecular weight excluding hydrogens is 348 g/mol. The number of amides is 1. The lowest BCUT2D eigenvalue weighted by molar-refractivity contribution is -0.405. The van der Waals surface area contributed by atoms with Crippen LogP contribution in [-0.2, 0) is 11.2 Å². The molecule has 0 spiro atoms. The van der Waals surface area contributed by atoms with Crippen LogP contribution in [0.25, 0.3) is 11.0 Å². The molecule has 7 nitrogen and oxygen atoms in total. The molecule has 3 aromatic rings. The number of carbonyl (C=O) groups is 1. The van der Waals surface area contributed by atoms with E-state index in [9.17, 15) is 4.79 Å². The van der Waals surface area contributed by atoms with Crippen LogP contribution in [0.3, 0.4) is 0 Å². The lowest BCUT2D eigenvalue weighted by Crippen LogP contribution is -2.69. The summed E-state index contributed by atoms with van der Waals surface area (Å²) in [4.78, 5) is 14.1. The highest BCUT2D eigenvalue weighted by Crippen LogP contribution is 2.09. The minimum absolute atomic E-state index is 0.0485. The molecule has 0 aliphatic rings. The number of nitrogens with zero attached hydrogens (tertiary/aromatic N) is 4. The van der Waals surface area contributed by atoms with Gasteiger partial charge in [-0.15, -0.1) is 5.10 Å². The number of thiocarbonyl (C=S) groups is 1. The average molecular weight is 369 g/mol. The topological polar surface area (TPSA) is 90.7 Å². The highest BCUT2D eigenvalue weighted by Gasteiger charge is 2.22. The number of aromatic nitrogens is 3. The maximum atomic E-state index is 12.5. The van der Waals surface area contributed by atoms with Gasteiger partial charge >= 0.3 is 0 Å². The second-order valence-corrected chi connectivity index (χ2v) is 6.44. The third-order valence-electron chi connectivity index (χ3n) is 4.06. The van der Waals surface area contributed by atoms with Gasteiger partial charge in [-0.2, -0.15) is 4.68 Å². The van der Waals surface area contributed by atoms with Gasteiger partial charge in [-0.25, -0.2) is 0 Å². The molecule has 1 atom stereocenters. The predicted molar refractivity (Wildman–Crippen MR) is 103 cm³/mol. The van der Waals surface area contributed by atoms with Crippen LogP contribution in [0.4, 0.5) is 0 Å². The van der Waals surface area contributed by atoms with E-state index in [1.165, 1.54) is 0 Å². The van der Waals surface area contributed by atoms with Gasteiger partial charge < -0.3 is 16.0 Å². The number of benzene rings is 2. The summed E-state index contributed by atoms with van der Waals surface area (Å²) >= 11 is 5.37. The second kappa shape index (κ2) is 8.03. The molecular formula is C18H21N6OS+. The summed E-state index contributed by atoms with van der Waals surface area (Å²) in [7, 11) is 1.72. The summed E-state index contributed by atoms with van der Waals surface area (Å²) in [6.45, 7) is 0.270. The van der Waals surface area contributed by atoms with Gasteiger partial charge in [0.1, 0.15) is 5.52 Å². The summed E-state index contributed by atoms with van der Waals surface area (Å²) < 4.78 is 1.55. The largest absolute Gasteiger partial charge is 0.347 e. The minimum Gasteiger partial charge on any atom is -0.347 e. The number of para-hydroxylation sites is 1. The summed E-state index contributed by atoms with van der Waals surface area (Å²) in [5.41, 5.74) is 6.67. The van der Waals surface area contributed by atoms with Crippen LogP contribution in [0.2, 0.25) is 0 Å². The molecule has 0 radical (unpaired) electrons. The van der Waals surface area contributed by atoms with E-state index in [4.69, 9.17) is 12.2 Å². The van der Waals surface area contributed by atoms with Gasteiger partial charge in [0.2, 0.25) is 0 Å². The van der Waals surface area contributed by atoms with Gasteiger partial charge in [0.25, 0.3) is 5.91 Å². The summed E-state index contributed by atoms with van der Waals surface area (Å²) in [6.07, 6.45) is 0.599. The van der Waals surface area contributed by atoms with Crippen LogP contribution in [0.15, 0.2) is 54.6 Å². The van der Waals surface area contributed by atoms with E-state index in [-0.39, 0.29) is 18.6 Å². The van der Waals surface area contributed by atoms with Crippen LogP contribution in [0.1, 0.15) is 5.56 Å². The number of quaternary nitrogens is 1. The first-order chi connectivity index (χ1) is 12.6. The van der Waals surface area contributed by atoms with Crippen LogP contribution in [0, 0.1) is 0 Å². The van der Waals surface area contributed by atoms with Gasteiger partial charge in [0.05, 0.1) is 12.2 Å². The third-order valence-corrected chi connectivity index (χ3v) is 4.38. The fourth-order valence-electron chi connectivity index (χ4n) is 2.66. The monoisotopic (exact) mass is 369 g/mol. The molecule has 0 bridgehead atoms. The zero-order valence-electron chi connectivity index (χ0n) is 14.5. The Bertz CT molecular complexity index is 910. The number of fused-ring (bicyclic) bond motifs is 1. The molecule has 0 saturated carbocycles. The number of hydrogen-bond donors (Lipinski definition) is 2. The van der Waals surface area contributed by atoms with Crippen LogP contribution in [-0.4, -0.2) is 50.7 Å². The summed E-state index contributed by atoms with van der Waals surface area (Å²) in [5, 5.41) is 11.6. The fourth-order valence-corrected chi connectivity index (χ4v) is 2.85. The number of nitrogens with one attached hydrogen (secondary N) is 1. The van der Waals surface area contributed by atoms with E-state index in [0.717, 1.165) is 16.6 Å². The highest BCUT2D eigenvalue weighted by molar-refractivity contribution is 7.80. The lowest BCUT2D eigenvalue weighted by atomic mass is 10.1. The van der Waals surface area contributed by atoms with E-state index < -0.39 is 0 Å². The number of carbonyl (C=O) groups excluding carboxylic acids is 1.